The summed E-state index contributed by atoms with van der Waals surface area (Å²) in [7, 11) is 0. The molecular formula is C24H19F3O2. The molecule has 2 nitrogen and oxygen atoms in total. The van der Waals surface area contributed by atoms with Gasteiger partial charge in [0.25, 0.3) is 0 Å². The van der Waals surface area contributed by atoms with Gasteiger partial charge in [-0.3, -0.25) is 0 Å². The lowest BCUT2D eigenvalue weighted by atomic mass is 9.89. The van der Waals surface area contributed by atoms with Gasteiger partial charge in [0.15, 0.2) is 0 Å². The fourth-order valence-electron chi connectivity index (χ4n) is 3.10. The first-order valence-electron chi connectivity index (χ1n) is 9.11. The Bertz CT molecular complexity index is 990. The molecule has 0 saturated heterocycles. The second-order valence-electron chi connectivity index (χ2n) is 6.28. The summed E-state index contributed by atoms with van der Waals surface area (Å²) in [5.41, 5.74) is 0.491. The van der Waals surface area contributed by atoms with Gasteiger partial charge in [-0.05, 0) is 35.7 Å². The van der Waals surface area contributed by atoms with Crippen molar-refractivity contribution in [1.82, 2.24) is 0 Å². The van der Waals surface area contributed by atoms with Crippen molar-refractivity contribution in [3.63, 3.8) is 0 Å². The topological polar surface area (TPSA) is 26.3 Å². The van der Waals surface area contributed by atoms with E-state index in [1.54, 1.807) is 55.5 Å². The summed E-state index contributed by atoms with van der Waals surface area (Å²) in [6, 6.07) is 22.1. The zero-order valence-corrected chi connectivity index (χ0v) is 15.7. The lowest BCUT2D eigenvalue weighted by Gasteiger charge is -2.19. The van der Waals surface area contributed by atoms with Gasteiger partial charge in [-0.25, -0.2) is 4.79 Å². The van der Waals surface area contributed by atoms with Crippen molar-refractivity contribution in [3.05, 3.63) is 107 Å². The Hall–Kier alpha value is -3.34. The van der Waals surface area contributed by atoms with Crippen LogP contribution in [0.2, 0.25) is 0 Å². The summed E-state index contributed by atoms with van der Waals surface area (Å²) in [4.78, 5) is 11.9. The highest BCUT2D eigenvalue weighted by Gasteiger charge is 2.38. The lowest BCUT2D eigenvalue weighted by Crippen LogP contribution is -2.14. The number of halogens is 3. The lowest BCUT2D eigenvalue weighted by molar-refractivity contribution is -0.0685. The molecule has 3 aromatic carbocycles. The number of esters is 1. The molecule has 0 N–H and O–H groups in total. The highest BCUT2D eigenvalue weighted by atomic mass is 19.4. The van der Waals surface area contributed by atoms with E-state index in [0.29, 0.717) is 11.1 Å². The van der Waals surface area contributed by atoms with Crippen LogP contribution >= 0.6 is 0 Å². The minimum Gasteiger partial charge on any atom is -0.462 e. The molecule has 3 rings (SSSR count). The molecule has 0 saturated carbocycles. The number of allylic oxidation sites excluding steroid dienone is 1. The van der Waals surface area contributed by atoms with Gasteiger partial charge in [0.05, 0.1) is 17.7 Å². The zero-order chi connectivity index (χ0) is 20.9. The van der Waals surface area contributed by atoms with E-state index < -0.39 is 17.7 Å². The standard InChI is InChI=1S/C24H19F3O2/c1-2-29-23(28)20-15-13-18(14-16-20)21(17-9-5-3-6-10-17)22(24(25,26)27)19-11-7-4-8-12-19/h3-16H,2H2,1H3/b22-21-. The van der Waals surface area contributed by atoms with Gasteiger partial charge in [-0.1, -0.05) is 72.8 Å². The van der Waals surface area contributed by atoms with Gasteiger partial charge < -0.3 is 4.74 Å². The molecule has 148 valence electrons. The van der Waals surface area contributed by atoms with Crippen molar-refractivity contribution in [2.75, 3.05) is 6.61 Å². The maximum Gasteiger partial charge on any atom is 0.417 e. The number of rotatable bonds is 5. The molecule has 0 atom stereocenters. The van der Waals surface area contributed by atoms with Crippen LogP contribution in [0.3, 0.4) is 0 Å². The maximum absolute atomic E-state index is 14.2. The summed E-state index contributed by atoms with van der Waals surface area (Å²) in [5.74, 6) is -0.511. The number of carbonyl (C=O) groups excluding carboxylic acids is 1. The molecule has 0 bridgehead atoms. The van der Waals surface area contributed by atoms with Crippen LogP contribution < -0.4 is 0 Å². The van der Waals surface area contributed by atoms with Gasteiger partial charge in [-0.2, -0.15) is 13.2 Å². The molecule has 29 heavy (non-hydrogen) atoms. The Morgan fingerprint density at radius 2 is 1.17 bits per heavy atom. The molecule has 0 amide bonds. The maximum atomic E-state index is 14.2. The normalized spacial score (nSPS) is 12.3. The molecule has 3 aromatic rings. The Balaban J connectivity index is 2.25. The van der Waals surface area contributed by atoms with Crippen LogP contribution in [0.15, 0.2) is 84.9 Å². The number of hydrogen-bond donors (Lipinski definition) is 0. The van der Waals surface area contributed by atoms with E-state index in [-0.39, 0.29) is 23.3 Å². The van der Waals surface area contributed by atoms with E-state index in [0.717, 1.165) is 0 Å². The van der Waals surface area contributed by atoms with Crippen molar-refractivity contribution in [1.29, 1.82) is 0 Å². The molecule has 0 fully saturated rings. The van der Waals surface area contributed by atoms with Crippen molar-refractivity contribution in [2.45, 2.75) is 13.1 Å². The second kappa shape index (κ2) is 8.78. The van der Waals surface area contributed by atoms with Crippen LogP contribution in [0.5, 0.6) is 0 Å². The largest absolute Gasteiger partial charge is 0.462 e. The Kier molecular flexibility index (Phi) is 6.17. The second-order valence-corrected chi connectivity index (χ2v) is 6.28. The first-order chi connectivity index (χ1) is 13.9. The van der Waals surface area contributed by atoms with Crippen LogP contribution in [-0.4, -0.2) is 18.8 Å². The van der Waals surface area contributed by atoms with E-state index in [4.69, 9.17) is 4.74 Å². The predicted molar refractivity (Wildman–Crippen MR) is 107 cm³/mol. The number of alkyl halides is 3. The Morgan fingerprint density at radius 3 is 1.66 bits per heavy atom. The third-order valence-corrected chi connectivity index (χ3v) is 4.34. The molecule has 0 radical (unpaired) electrons. The third-order valence-electron chi connectivity index (χ3n) is 4.34. The highest BCUT2D eigenvalue weighted by molar-refractivity contribution is 6.01. The van der Waals surface area contributed by atoms with Gasteiger partial charge in [0, 0.05) is 5.57 Å². The fourth-order valence-corrected chi connectivity index (χ4v) is 3.10. The van der Waals surface area contributed by atoms with Crippen LogP contribution in [0.25, 0.3) is 11.1 Å². The van der Waals surface area contributed by atoms with E-state index in [9.17, 15) is 18.0 Å². The van der Waals surface area contributed by atoms with Gasteiger partial charge >= 0.3 is 12.1 Å². The number of carbonyl (C=O) groups is 1. The van der Waals surface area contributed by atoms with Crippen molar-refractivity contribution in [3.8, 4) is 0 Å². The van der Waals surface area contributed by atoms with Gasteiger partial charge in [-0.15, -0.1) is 0 Å². The van der Waals surface area contributed by atoms with Crippen LogP contribution in [0.1, 0.15) is 34.0 Å². The smallest absolute Gasteiger partial charge is 0.417 e. The minimum atomic E-state index is -4.58. The van der Waals surface area contributed by atoms with Crippen LogP contribution in [0.4, 0.5) is 13.2 Å². The molecular weight excluding hydrogens is 377 g/mol. The van der Waals surface area contributed by atoms with E-state index in [1.807, 2.05) is 0 Å². The summed E-state index contributed by atoms with van der Waals surface area (Å²) >= 11 is 0. The monoisotopic (exact) mass is 396 g/mol. The van der Waals surface area contributed by atoms with Crippen LogP contribution in [-0.2, 0) is 4.74 Å². The van der Waals surface area contributed by atoms with E-state index in [1.165, 1.54) is 36.4 Å². The third kappa shape index (κ3) is 4.74. The van der Waals surface area contributed by atoms with E-state index in [2.05, 4.69) is 0 Å². The zero-order valence-electron chi connectivity index (χ0n) is 15.7. The average molecular weight is 396 g/mol. The first kappa shape index (κ1) is 20.4. The summed E-state index contributed by atoms with van der Waals surface area (Å²) in [6.07, 6.45) is -4.58. The summed E-state index contributed by atoms with van der Waals surface area (Å²) < 4.78 is 47.6. The number of ether oxygens (including phenoxy) is 1. The molecule has 0 heterocycles. The predicted octanol–water partition coefficient (Wildman–Crippen LogP) is 6.38. The number of benzene rings is 3. The summed E-state index contributed by atoms with van der Waals surface area (Å²) in [5, 5.41) is 0. The number of hydrogen-bond acceptors (Lipinski definition) is 2. The summed E-state index contributed by atoms with van der Waals surface area (Å²) in [6.45, 7) is 1.92. The molecule has 0 aliphatic heterocycles. The molecule has 5 heteroatoms. The average Bonchev–Trinajstić information content (AvgIpc) is 2.72. The fraction of sp³-hybridized carbons (Fsp3) is 0.125. The first-order valence-corrected chi connectivity index (χ1v) is 9.11. The minimum absolute atomic E-state index is 0.0553. The molecule has 0 unspecified atom stereocenters. The van der Waals surface area contributed by atoms with Gasteiger partial charge in [0.1, 0.15) is 0 Å². The molecule has 0 aromatic heterocycles. The van der Waals surface area contributed by atoms with Crippen LogP contribution in [0, 0.1) is 0 Å². The van der Waals surface area contributed by atoms with Crippen molar-refractivity contribution in [2.24, 2.45) is 0 Å². The van der Waals surface area contributed by atoms with Gasteiger partial charge in [0.2, 0.25) is 0 Å². The quantitative estimate of drug-likeness (QED) is 0.369. The van der Waals surface area contributed by atoms with Crippen molar-refractivity contribution >= 4 is 17.1 Å². The van der Waals surface area contributed by atoms with Crippen molar-refractivity contribution < 1.29 is 22.7 Å². The van der Waals surface area contributed by atoms with E-state index >= 15 is 0 Å². The molecule has 0 spiro atoms. The Labute approximate surface area is 167 Å². The molecule has 0 aliphatic rings. The highest BCUT2D eigenvalue weighted by Crippen LogP contribution is 2.42. The Morgan fingerprint density at radius 1 is 0.724 bits per heavy atom. The molecule has 0 aliphatic carbocycles. The SMILES string of the molecule is CCOC(=O)c1ccc(/C(=C(/c2ccccc2)C(F)(F)F)c2ccccc2)cc1.